The van der Waals surface area contributed by atoms with Crippen molar-refractivity contribution in [2.24, 2.45) is 5.73 Å². The number of H-pyrrole nitrogens is 1. The second-order valence-electron chi connectivity index (χ2n) is 8.13. The summed E-state index contributed by atoms with van der Waals surface area (Å²) in [6.07, 6.45) is 0.922. The Balaban J connectivity index is 1.53. The molecule has 2 amide bonds. The van der Waals surface area contributed by atoms with E-state index in [1.807, 2.05) is 6.07 Å². The molecule has 1 aliphatic heterocycles. The summed E-state index contributed by atoms with van der Waals surface area (Å²) in [6, 6.07) is 14.4. The molecule has 4 rings (SSSR count). The third-order valence-electron chi connectivity index (χ3n) is 5.88. The minimum atomic E-state index is -1.02. The fraction of sp³-hybridized carbons (Fsp3) is 0.250. The summed E-state index contributed by atoms with van der Waals surface area (Å²) in [4.78, 5) is 42.3. The number of rotatable bonds is 7. The SMILES string of the molecule is N=C(N)c1ccc2[nH]c(C(=O)N3CCC[C@H]3C(=O)NC(CC(=O)O)c3ccccc3)cc2c1. The molecule has 0 spiro atoms. The first-order chi connectivity index (χ1) is 15.8. The molecule has 1 fully saturated rings. The first-order valence-electron chi connectivity index (χ1n) is 10.7. The van der Waals surface area contributed by atoms with E-state index in [9.17, 15) is 19.5 Å². The van der Waals surface area contributed by atoms with Crippen LogP contribution in [0.5, 0.6) is 0 Å². The first-order valence-corrected chi connectivity index (χ1v) is 10.7. The van der Waals surface area contributed by atoms with Crippen molar-refractivity contribution >= 4 is 34.5 Å². The normalized spacial score (nSPS) is 16.5. The predicted octanol–water partition coefficient (Wildman–Crippen LogP) is 2.39. The molecule has 6 N–H and O–H groups in total. The van der Waals surface area contributed by atoms with Gasteiger partial charge in [0, 0.05) is 23.0 Å². The van der Waals surface area contributed by atoms with Gasteiger partial charge in [-0.3, -0.25) is 19.8 Å². The largest absolute Gasteiger partial charge is 0.481 e. The van der Waals surface area contributed by atoms with Gasteiger partial charge in [-0.2, -0.15) is 0 Å². The summed E-state index contributed by atoms with van der Waals surface area (Å²) < 4.78 is 0. The highest BCUT2D eigenvalue weighted by atomic mass is 16.4. The van der Waals surface area contributed by atoms with E-state index in [0.717, 1.165) is 10.9 Å². The fourth-order valence-electron chi connectivity index (χ4n) is 4.23. The number of amidine groups is 1. The molecule has 2 aromatic carbocycles. The molecule has 9 heteroatoms. The number of hydrogen-bond acceptors (Lipinski definition) is 4. The van der Waals surface area contributed by atoms with E-state index in [4.69, 9.17) is 11.1 Å². The molecule has 1 saturated heterocycles. The van der Waals surface area contributed by atoms with Gasteiger partial charge in [-0.15, -0.1) is 0 Å². The number of aromatic nitrogens is 1. The summed E-state index contributed by atoms with van der Waals surface area (Å²) in [7, 11) is 0. The molecule has 1 aromatic heterocycles. The maximum atomic E-state index is 13.2. The molecule has 0 radical (unpaired) electrons. The minimum absolute atomic E-state index is 0.0587. The van der Waals surface area contributed by atoms with Gasteiger partial charge in [0.05, 0.1) is 12.5 Å². The first kappa shape index (κ1) is 22.1. The zero-order chi connectivity index (χ0) is 23.5. The van der Waals surface area contributed by atoms with Crippen molar-refractivity contribution in [1.29, 1.82) is 5.41 Å². The van der Waals surface area contributed by atoms with Crippen LogP contribution in [0.4, 0.5) is 0 Å². The van der Waals surface area contributed by atoms with Crippen LogP contribution in [0.3, 0.4) is 0 Å². The molecule has 2 atom stereocenters. The number of nitrogens with one attached hydrogen (secondary N) is 3. The van der Waals surface area contributed by atoms with Crippen molar-refractivity contribution in [3.05, 3.63) is 71.4 Å². The maximum Gasteiger partial charge on any atom is 0.305 e. The van der Waals surface area contributed by atoms with Gasteiger partial charge in [-0.05, 0) is 42.7 Å². The molecule has 0 aliphatic carbocycles. The number of carbonyl (C=O) groups is 3. The van der Waals surface area contributed by atoms with Crippen LogP contribution >= 0.6 is 0 Å². The Bertz CT molecular complexity index is 1220. The number of carboxylic acid groups (broad SMARTS) is 1. The summed E-state index contributed by atoms with van der Waals surface area (Å²) in [5.41, 5.74) is 7.88. The number of fused-ring (bicyclic) bond motifs is 1. The number of hydrogen-bond donors (Lipinski definition) is 5. The number of nitrogens with two attached hydrogens (primary N) is 1. The zero-order valence-electron chi connectivity index (χ0n) is 17.9. The lowest BCUT2D eigenvalue weighted by Crippen LogP contribution is -2.47. The van der Waals surface area contributed by atoms with Gasteiger partial charge in [0.2, 0.25) is 5.91 Å². The lowest BCUT2D eigenvalue weighted by atomic mass is 10.0. The van der Waals surface area contributed by atoms with E-state index in [1.54, 1.807) is 48.5 Å². The molecule has 9 nitrogen and oxygen atoms in total. The maximum absolute atomic E-state index is 13.2. The third kappa shape index (κ3) is 4.72. The van der Waals surface area contributed by atoms with Gasteiger partial charge in [-0.25, -0.2) is 0 Å². The number of aliphatic carboxylic acids is 1. The standard InChI is InChI=1S/C24H25N5O4/c25-22(26)15-8-9-17-16(11-15)12-19(27-17)24(33)29-10-4-7-20(29)23(32)28-18(13-21(30)31)14-5-2-1-3-6-14/h1-3,5-6,8-9,11-12,18,20,27H,4,7,10,13H2,(H3,25,26)(H,28,32)(H,30,31)/t18?,20-/m0/s1. The molecule has 2 heterocycles. The topological polar surface area (TPSA) is 152 Å². The second-order valence-corrected chi connectivity index (χ2v) is 8.13. The highest BCUT2D eigenvalue weighted by molar-refractivity contribution is 6.03. The van der Waals surface area contributed by atoms with Crippen molar-refractivity contribution in [2.75, 3.05) is 6.54 Å². The molecular weight excluding hydrogens is 422 g/mol. The Labute approximate surface area is 190 Å². The van der Waals surface area contributed by atoms with Crippen LogP contribution in [0.25, 0.3) is 10.9 Å². The van der Waals surface area contributed by atoms with Crippen LogP contribution in [0.15, 0.2) is 54.6 Å². The van der Waals surface area contributed by atoms with Crippen molar-refractivity contribution in [2.45, 2.75) is 31.3 Å². The Kier molecular flexibility index (Phi) is 6.12. The average Bonchev–Trinajstić information content (AvgIpc) is 3.45. The predicted molar refractivity (Wildman–Crippen MR) is 123 cm³/mol. The van der Waals surface area contributed by atoms with Crippen molar-refractivity contribution < 1.29 is 19.5 Å². The molecule has 33 heavy (non-hydrogen) atoms. The van der Waals surface area contributed by atoms with Gasteiger partial charge in [0.1, 0.15) is 17.6 Å². The zero-order valence-corrected chi connectivity index (χ0v) is 17.9. The molecule has 3 aromatic rings. The number of amides is 2. The van der Waals surface area contributed by atoms with E-state index in [2.05, 4.69) is 10.3 Å². The van der Waals surface area contributed by atoms with E-state index < -0.39 is 18.1 Å². The van der Waals surface area contributed by atoms with Crippen LogP contribution in [0.1, 0.15) is 46.9 Å². The van der Waals surface area contributed by atoms with Crippen LogP contribution in [-0.4, -0.2) is 51.2 Å². The number of nitrogens with zero attached hydrogens (tertiary/aromatic N) is 1. The minimum Gasteiger partial charge on any atom is -0.481 e. The number of likely N-dealkylation sites (tertiary alicyclic amines) is 1. The highest BCUT2D eigenvalue weighted by Gasteiger charge is 2.36. The van der Waals surface area contributed by atoms with Crippen LogP contribution < -0.4 is 11.1 Å². The highest BCUT2D eigenvalue weighted by Crippen LogP contribution is 2.25. The number of aromatic amines is 1. The van der Waals surface area contributed by atoms with Crippen LogP contribution in [0, 0.1) is 5.41 Å². The lowest BCUT2D eigenvalue weighted by Gasteiger charge is -2.26. The molecule has 1 unspecified atom stereocenters. The Morgan fingerprint density at radius 2 is 1.94 bits per heavy atom. The molecule has 0 saturated carbocycles. The monoisotopic (exact) mass is 447 g/mol. The van der Waals surface area contributed by atoms with Gasteiger partial charge >= 0.3 is 5.97 Å². The quantitative estimate of drug-likeness (QED) is 0.278. The van der Waals surface area contributed by atoms with Crippen LogP contribution in [-0.2, 0) is 9.59 Å². The fourth-order valence-corrected chi connectivity index (χ4v) is 4.23. The number of carbonyl (C=O) groups excluding carboxylic acids is 2. The van der Waals surface area contributed by atoms with Gasteiger partial charge in [0.25, 0.3) is 5.91 Å². The third-order valence-corrected chi connectivity index (χ3v) is 5.88. The van der Waals surface area contributed by atoms with Gasteiger partial charge in [0.15, 0.2) is 0 Å². The number of carboxylic acids is 1. The molecular formula is C24H25N5O4. The second kappa shape index (κ2) is 9.15. The summed E-state index contributed by atoms with van der Waals surface area (Å²) in [5.74, 6) is -1.75. The lowest BCUT2D eigenvalue weighted by molar-refractivity contribution is -0.138. The van der Waals surface area contributed by atoms with E-state index in [0.29, 0.717) is 36.2 Å². The summed E-state index contributed by atoms with van der Waals surface area (Å²) >= 11 is 0. The van der Waals surface area contributed by atoms with E-state index in [-0.39, 0.29) is 24.1 Å². The molecule has 170 valence electrons. The number of benzene rings is 2. The van der Waals surface area contributed by atoms with Crippen molar-refractivity contribution in [1.82, 2.24) is 15.2 Å². The van der Waals surface area contributed by atoms with Crippen LogP contribution in [0.2, 0.25) is 0 Å². The smallest absolute Gasteiger partial charge is 0.305 e. The Morgan fingerprint density at radius 3 is 2.64 bits per heavy atom. The van der Waals surface area contributed by atoms with Crippen molar-refractivity contribution in [3.63, 3.8) is 0 Å². The number of nitrogen functional groups attached to an aromatic ring is 1. The molecule has 1 aliphatic rings. The summed E-state index contributed by atoms with van der Waals surface area (Å²) in [6.45, 7) is 0.430. The van der Waals surface area contributed by atoms with E-state index in [1.165, 1.54) is 4.90 Å². The van der Waals surface area contributed by atoms with Crippen molar-refractivity contribution in [3.8, 4) is 0 Å². The average molecular weight is 447 g/mol. The molecule has 0 bridgehead atoms. The van der Waals surface area contributed by atoms with Gasteiger partial charge < -0.3 is 26.0 Å². The van der Waals surface area contributed by atoms with Gasteiger partial charge in [-0.1, -0.05) is 30.3 Å². The Hall–Kier alpha value is -4.14. The van der Waals surface area contributed by atoms with E-state index >= 15 is 0 Å². The summed E-state index contributed by atoms with van der Waals surface area (Å²) in [5, 5.41) is 20.5. The Morgan fingerprint density at radius 1 is 1.18 bits per heavy atom.